The molecule has 0 aliphatic heterocycles. The molecule has 1 saturated carbocycles. The summed E-state index contributed by atoms with van der Waals surface area (Å²) in [6.45, 7) is 3.97. The number of nitrogens with one attached hydrogen (secondary N) is 1. The minimum atomic E-state index is -0.700. The molecule has 0 bridgehead atoms. The number of amides is 1. The first-order chi connectivity index (χ1) is 10.0. The Hall–Kier alpha value is -1.52. The first kappa shape index (κ1) is 16.8. The molecular weight excluding hydrogens is 300 g/mol. The van der Waals surface area contributed by atoms with Crippen molar-refractivity contribution in [3.05, 3.63) is 35.6 Å². The number of halogens is 1. The molecule has 1 amide bonds. The minimum Gasteiger partial charge on any atom is -0.459 e. The van der Waals surface area contributed by atoms with Crippen molar-refractivity contribution in [1.82, 2.24) is 5.32 Å². The van der Waals surface area contributed by atoms with E-state index in [0.29, 0.717) is 0 Å². The molecule has 1 aliphatic carbocycles. The Morgan fingerprint density at radius 1 is 1.32 bits per heavy atom. The highest BCUT2D eigenvalue weighted by molar-refractivity contribution is 5.87. The van der Waals surface area contributed by atoms with E-state index < -0.39 is 5.54 Å². The molecule has 1 heterocycles. The van der Waals surface area contributed by atoms with Crippen LogP contribution in [0.4, 0.5) is 0 Å². The van der Waals surface area contributed by atoms with Crippen LogP contribution in [-0.4, -0.2) is 11.4 Å². The fourth-order valence-corrected chi connectivity index (χ4v) is 3.25. The number of aryl methyl sites for hydroxylation is 1. The summed E-state index contributed by atoms with van der Waals surface area (Å²) >= 11 is 0. The number of carbonyl (C=O) groups is 1. The van der Waals surface area contributed by atoms with Gasteiger partial charge in [-0.3, -0.25) is 4.79 Å². The van der Waals surface area contributed by atoms with E-state index in [0.717, 1.165) is 48.0 Å². The lowest BCUT2D eigenvalue weighted by Crippen LogP contribution is -2.52. The second kappa shape index (κ2) is 6.31. The topological polar surface area (TPSA) is 68.3 Å². The maximum Gasteiger partial charge on any atom is 0.240 e. The van der Waals surface area contributed by atoms with Crippen LogP contribution in [0.2, 0.25) is 0 Å². The van der Waals surface area contributed by atoms with Gasteiger partial charge in [0.05, 0.1) is 11.6 Å². The third kappa shape index (κ3) is 2.85. The predicted octanol–water partition coefficient (Wildman–Crippen LogP) is 3.61. The van der Waals surface area contributed by atoms with Gasteiger partial charge >= 0.3 is 0 Å². The minimum absolute atomic E-state index is 0. The SMILES string of the molecule is Cc1c(C(C)NC(=O)C2(N)CCCC2)oc2ccccc12.Cl. The van der Waals surface area contributed by atoms with Gasteiger partial charge in [0.2, 0.25) is 5.91 Å². The monoisotopic (exact) mass is 322 g/mol. The van der Waals surface area contributed by atoms with Crippen molar-refractivity contribution in [2.45, 2.75) is 51.1 Å². The first-order valence-corrected chi connectivity index (χ1v) is 7.59. The van der Waals surface area contributed by atoms with Gasteiger partial charge in [-0.25, -0.2) is 0 Å². The van der Waals surface area contributed by atoms with Crippen molar-refractivity contribution < 1.29 is 9.21 Å². The molecule has 3 rings (SSSR count). The lowest BCUT2D eigenvalue weighted by Gasteiger charge is -2.24. The summed E-state index contributed by atoms with van der Waals surface area (Å²) in [5.74, 6) is 0.749. The summed E-state index contributed by atoms with van der Waals surface area (Å²) in [6, 6.07) is 7.75. The van der Waals surface area contributed by atoms with E-state index >= 15 is 0 Å². The van der Waals surface area contributed by atoms with Gasteiger partial charge in [0.1, 0.15) is 11.3 Å². The smallest absolute Gasteiger partial charge is 0.240 e. The van der Waals surface area contributed by atoms with Crippen LogP contribution in [0.5, 0.6) is 0 Å². The number of para-hydroxylation sites is 1. The van der Waals surface area contributed by atoms with Crippen LogP contribution in [-0.2, 0) is 4.79 Å². The number of furan rings is 1. The quantitative estimate of drug-likeness (QED) is 0.907. The summed E-state index contributed by atoms with van der Waals surface area (Å²) in [7, 11) is 0. The van der Waals surface area contributed by atoms with Gasteiger partial charge in [-0.2, -0.15) is 0 Å². The zero-order valence-electron chi connectivity index (χ0n) is 13.0. The molecule has 1 aromatic carbocycles. The molecule has 0 saturated heterocycles. The summed E-state index contributed by atoms with van der Waals surface area (Å²) in [5.41, 5.74) is 7.43. The van der Waals surface area contributed by atoms with Gasteiger partial charge in [-0.05, 0) is 32.8 Å². The Morgan fingerprint density at radius 2 is 1.95 bits per heavy atom. The lowest BCUT2D eigenvalue weighted by atomic mass is 9.97. The Morgan fingerprint density at radius 3 is 2.59 bits per heavy atom. The molecular formula is C17H23ClN2O2. The number of rotatable bonds is 3. The number of fused-ring (bicyclic) bond motifs is 1. The summed E-state index contributed by atoms with van der Waals surface area (Å²) in [4.78, 5) is 12.4. The van der Waals surface area contributed by atoms with Crippen LogP contribution in [0, 0.1) is 6.92 Å². The second-order valence-corrected chi connectivity index (χ2v) is 6.15. The maximum atomic E-state index is 12.4. The molecule has 1 unspecified atom stereocenters. The van der Waals surface area contributed by atoms with Gasteiger partial charge < -0.3 is 15.5 Å². The molecule has 120 valence electrons. The van der Waals surface area contributed by atoms with Crippen LogP contribution in [0.1, 0.15) is 50.0 Å². The van der Waals surface area contributed by atoms with Crippen molar-refractivity contribution in [1.29, 1.82) is 0 Å². The molecule has 22 heavy (non-hydrogen) atoms. The zero-order chi connectivity index (χ0) is 15.0. The highest BCUT2D eigenvalue weighted by Gasteiger charge is 2.37. The van der Waals surface area contributed by atoms with Gasteiger partial charge in [0.15, 0.2) is 0 Å². The van der Waals surface area contributed by atoms with Gasteiger partial charge in [0.25, 0.3) is 0 Å². The van der Waals surface area contributed by atoms with Crippen molar-refractivity contribution >= 4 is 29.3 Å². The van der Waals surface area contributed by atoms with Crippen LogP contribution in [0.25, 0.3) is 11.0 Å². The third-order valence-corrected chi connectivity index (χ3v) is 4.57. The van der Waals surface area contributed by atoms with Crippen LogP contribution < -0.4 is 11.1 Å². The molecule has 0 radical (unpaired) electrons. The molecule has 0 spiro atoms. The molecule has 5 heteroatoms. The summed E-state index contributed by atoms with van der Waals surface area (Å²) < 4.78 is 5.90. The summed E-state index contributed by atoms with van der Waals surface area (Å²) in [6.07, 6.45) is 3.60. The number of carbonyl (C=O) groups excluding carboxylic acids is 1. The fourth-order valence-electron chi connectivity index (χ4n) is 3.25. The van der Waals surface area contributed by atoms with E-state index in [1.807, 2.05) is 38.1 Å². The van der Waals surface area contributed by atoms with E-state index in [2.05, 4.69) is 5.32 Å². The van der Waals surface area contributed by atoms with Gasteiger partial charge in [-0.1, -0.05) is 31.0 Å². The van der Waals surface area contributed by atoms with Crippen molar-refractivity contribution in [2.75, 3.05) is 0 Å². The fraction of sp³-hybridized carbons (Fsp3) is 0.471. The van der Waals surface area contributed by atoms with Gasteiger partial charge in [0, 0.05) is 10.9 Å². The largest absolute Gasteiger partial charge is 0.459 e. The number of benzene rings is 1. The molecule has 1 atom stereocenters. The highest BCUT2D eigenvalue weighted by Crippen LogP contribution is 2.31. The zero-order valence-corrected chi connectivity index (χ0v) is 13.8. The Balaban J connectivity index is 0.00000176. The molecule has 2 aromatic rings. The van der Waals surface area contributed by atoms with E-state index in [1.165, 1.54) is 0 Å². The second-order valence-electron chi connectivity index (χ2n) is 6.15. The number of hydrogen-bond acceptors (Lipinski definition) is 3. The van der Waals surface area contributed by atoms with Gasteiger partial charge in [-0.15, -0.1) is 12.4 Å². The Kier molecular flexibility index (Phi) is 4.83. The molecule has 4 nitrogen and oxygen atoms in total. The van der Waals surface area contributed by atoms with E-state index in [9.17, 15) is 4.79 Å². The highest BCUT2D eigenvalue weighted by atomic mass is 35.5. The number of nitrogens with two attached hydrogens (primary N) is 1. The predicted molar refractivity (Wildman–Crippen MR) is 90.1 cm³/mol. The van der Waals surface area contributed by atoms with Crippen molar-refractivity contribution in [3.8, 4) is 0 Å². The van der Waals surface area contributed by atoms with Crippen LogP contribution in [0.15, 0.2) is 28.7 Å². The van der Waals surface area contributed by atoms with Crippen LogP contribution in [0.3, 0.4) is 0 Å². The average Bonchev–Trinajstić information content (AvgIpc) is 3.05. The lowest BCUT2D eigenvalue weighted by molar-refractivity contribution is -0.126. The third-order valence-electron chi connectivity index (χ3n) is 4.57. The molecule has 1 aliphatic rings. The van der Waals surface area contributed by atoms with E-state index in [-0.39, 0.29) is 24.4 Å². The first-order valence-electron chi connectivity index (χ1n) is 7.59. The average molecular weight is 323 g/mol. The standard InChI is InChI=1S/C17H22N2O2.ClH/c1-11-13-7-3-4-8-14(13)21-15(11)12(2)19-16(20)17(18)9-5-6-10-17;/h3-4,7-8,12H,5-6,9-10,18H2,1-2H3,(H,19,20);1H. The van der Waals surface area contributed by atoms with Crippen molar-refractivity contribution in [2.24, 2.45) is 5.73 Å². The Labute approximate surface area is 136 Å². The summed E-state index contributed by atoms with van der Waals surface area (Å²) in [5, 5.41) is 4.12. The van der Waals surface area contributed by atoms with E-state index in [1.54, 1.807) is 0 Å². The Bertz CT molecular complexity index is 674. The van der Waals surface area contributed by atoms with E-state index in [4.69, 9.17) is 10.2 Å². The molecule has 3 N–H and O–H groups in total. The molecule has 1 aromatic heterocycles. The maximum absolute atomic E-state index is 12.4. The molecule has 1 fully saturated rings. The van der Waals surface area contributed by atoms with Crippen molar-refractivity contribution in [3.63, 3.8) is 0 Å². The number of hydrogen-bond donors (Lipinski definition) is 2. The van der Waals surface area contributed by atoms with Crippen LogP contribution >= 0.6 is 12.4 Å². The normalized spacial score (nSPS) is 18.0.